The first kappa shape index (κ1) is 13.1. The zero-order valence-electron chi connectivity index (χ0n) is 11.3. The summed E-state index contributed by atoms with van der Waals surface area (Å²) in [4.78, 5) is 0. The van der Waals surface area contributed by atoms with Crippen LogP contribution in [0.3, 0.4) is 0 Å². The molecule has 1 saturated carbocycles. The molecule has 0 saturated heterocycles. The van der Waals surface area contributed by atoms with Crippen LogP contribution in [-0.4, -0.2) is 12.7 Å². The Hall–Kier alpha value is -1.38. The lowest BCUT2D eigenvalue weighted by Gasteiger charge is -2.15. The predicted octanol–water partition coefficient (Wildman–Crippen LogP) is 3.63. The van der Waals surface area contributed by atoms with E-state index in [2.05, 4.69) is 0 Å². The molecule has 2 rings (SSSR count). The number of anilines is 1. The van der Waals surface area contributed by atoms with Crippen molar-refractivity contribution in [1.82, 2.24) is 0 Å². The van der Waals surface area contributed by atoms with Crippen LogP contribution in [0.4, 0.5) is 5.69 Å². The van der Waals surface area contributed by atoms with Gasteiger partial charge in [-0.3, -0.25) is 0 Å². The first-order valence-corrected chi connectivity index (χ1v) is 6.84. The summed E-state index contributed by atoms with van der Waals surface area (Å²) in [6.45, 7) is 4.79. The molecule has 0 spiro atoms. The van der Waals surface area contributed by atoms with Crippen molar-refractivity contribution in [3.63, 3.8) is 0 Å². The molecule has 1 aliphatic carbocycles. The molecule has 0 aliphatic heterocycles. The molecule has 1 aromatic carbocycles. The molecule has 0 unspecified atom stereocenters. The summed E-state index contributed by atoms with van der Waals surface area (Å²) in [6, 6.07) is 5.66. The van der Waals surface area contributed by atoms with Gasteiger partial charge in [0.2, 0.25) is 0 Å². The van der Waals surface area contributed by atoms with Gasteiger partial charge in [-0.05, 0) is 44.7 Å². The third-order valence-electron chi connectivity index (χ3n) is 3.31. The Bertz CT molecular complexity index is 384. The zero-order chi connectivity index (χ0) is 13.0. The summed E-state index contributed by atoms with van der Waals surface area (Å²) in [5.74, 6) is 2.29. The minimum Gasteiger partial charge on any atom is -0.493 e. The minimum atomic E-state index is 0.123. The maximum absolute atomic E-state index is 5.88. The fourth-order valence-corrected chi connectivity index (χ4v) is 2.35. The molecule has 3 heteroatoms. The number of nitrogens with two attached hydrogens (primary N) is 1. The van der Waals surface area contributed by atoms with E-state index in [1.54, 1.807) is 0 Å². The van der Waals surface area contributed by atoms with Crippen molar-refractivity contribution < 1.29 is 9.47 Å². The van der Waals surface area contributed by atoms with E-state index in [0.717, 1.165) is 18.3 Å². The SMILES string of the molecule is CC(C)Oc1cc(OCC2CCCC2)ccc1N. The fourth-order valence-electron chi connectivity index (χ4n) is 2.35. The van der Waals surface area contributed by atoms with E-state index in [4.69, 9.17) is 15.2 Å². The van der Waals surface area contributed by atoms with Gasteiger partial charge in [-0.15, -0.1) is 0 Å². The van der Waals surface area contributed by atoms with Crippen molar-refractivity contribution in [2.75, 3.05) is 12.3 Å². The quantitative estimate of drug-likeness (QED) is 0.810. The van der Waals surface area contributed by atoms with Crippen molar-refractivity contribution in [3.8, 4) is 11.5 Å². The summed E-state index contributed by atoms with van der Waals surface area (Å²) in [6.07, 6.45) is 5.40. The van der Waals surface area contributed by atoms with Gasteiger partial charge in [0.15, 0.2) is 0 Å². The number of hydrogen-bond acceptors (Lipinski definition) is 3. The molecule has 3 nitrogen and oxygen atoms in total. The maximum atomic E-state index is 5.88. The van der Waals surface area contributed by atoms with E-state index >= 15 is 0 Å². The first-order chi connectivity index (χ1) is 8.65. The molecule has 1 aromatic rings. The van der Waals surface area contributed by atoms with Crippen LogP contribution < -0.4 is 15.2 Å². The highest BCUT2D eigenvalue weighted by Gasteiger charge is 2.15. The topological polar surface area (TPSA) is 44.5 Å². The summed E-state index contributed by atoms with van der Waals surface area (Å²) in [7, 11) is 0. The molecular formula is C15H23NO2. The van der Waals surface area contributed by atoms with Crippen LogP contribution in [0.1, 0.15) is 39.5 Å². The molecule has 0 heterocycles. The highest BCUT2D eigenvalue weighted by atomic mass is 16.5. The van der Waals surface area contributed by atoms with Crippen LogP contribution in [0.25, 0.3) is 0 Å². The number of benzene rings is 1. The Morgan fingerprint density at radius 2 is 2.00 bits per heavy atom. The Kier molecular flexibility index (Phi) is 4.34. The van der Waals surface area contributed by atoms with E-state index in [-0.39, 0.29) is 6.10 Å². The molecular weight excluding hydrogens is 226 g/mol. The summed E-state index contributed by atoms with van der Waals surface area (Å²) in [5, 5.41) is 0. The second kappa shape index (κ2) is 5.98. The Morgan fingerprint density at radius 1 is 1.28 bits per heavy atom. The molecule has 18 heavy (non-hydrogen) atoms. The molecule has 100 valence electrons. The van der Waals surface area contributed by atoms with E-state index in [0.29, 0.717) is 11.4 Å². The lowest BCUT2D eigenvalue weighted by atomic mass is 10.1. The van der Waals surface area contributed by atoms with Gasteiger partial charge in [0, 0.05) is 6.07 Å². The number of rotatable bonds is 5. The molecule has 0 bridgehead atoms. The van der Waals surface area contributed by atoms with Crippen LogP contribution in [0, 0.1) is 5.92 Å². The van der Waals surface area contributed by atoms with Crippen LogP contribution in [-0.2, 0) is 0 Å². The Morgan fingerprint density at radius 3 is 2.67 bits per heavy atom. The minimum absolute atomic E-state index is 0.123. The largest absolute Gasteiger partial charge is 0.493 e. The number of hydrogen-bond donors (Lipinski definition) is 1. The van der Waals surface area contributed by atoms with E-state index in [9.17, 15) is 0 Å². The molecule has 0 atom stereocenters. The molecule has 0 aromatic heterocycles. The van der Waals surface area contributed by atoms with Crippen molar-refractivity contribution >= 4 is 5.69 Å². The fraction of sp³-hybridized carbons (Fsp3) is 0.600. The standard InChI is InChI=1S/C15H23NO2/c1-11(2)18-15-9-13(7-8-14(15)16)17-10-12-5-3-4-6-12/h7-9,11-12H,3-6,10,16H2,1-2H3. The van der Waals surface area contributed by atoms with Crippen LogP contribution in [0.2, 0.25) is 0 Å². The van der Waals surface area contributed by atoms with Crippen LogP contribution in [0.15, 0.2) is 18.2 Å². The molecule has 0 amide bonds. The number of ether oxygens (including phenoxy) is 2. The van der Waals surface area contributed by atoms with Crippen molar-refractivity contribution in [3.05, 3.63) is 18.2 Å². The third kappa shape index (κ3) is 3.56. The summed E-state index contributed by atoms with van der Waals surface area (Å²) >= 11 is 0. The van der Waals surface area contributed by atoms with E-state index in [1.807, 2.05) is 32.0 Å². The highest BCUT2D eigenvalue weighted by Crippen LogP contribution is 2.30. The monoisotopic (exact) mass is 249 g/mol. The normalized spacial score (nSPS) is 16.2. The average Bonchev–Trinajstić information content (AvgIpc) is 2.82. The Labute approximate surface area is 109 Å². The van der Waals surface area contributed by atoms with Crippen molar-refractivity contribution in [2.45, 2.75) is 45.6 Å². The van der Waals surface area contributed by atoms with Gasteiger partial charge >= 0.3 is 0 Å². The summed E-state index contributed by atoms with van der Waals surface area (Å²) in [5.41, 5.74) is 6.54. The number of nitrogen functional groups attached to an aromatic ring is 1. The second-order valence-electron chi connectivity index (χ2n) is 5.33. The Balaban J connectivity index is 1.95. The third-order valence-corrected chi connectivity index (χ3v) is 3.31. The smallest absolute Gasteiger partial charge is 0.146 e. The first-order valence-electron chi connectivity index (χ1n) is 6.84. The van der Waals surface area contributed by atoms with Gasteiger partial charge < -0.3 is 15.2 Å². The van der Waals surface area contributed by atoms with Gasteiger partial charge in [0.05, 0.1) is 18.4 Å². The lowest BCUT2D eigenvalue weighted by Crippen LogP contribution is -2.10. The molecule has 2 N–H and O–H groups in total. The van der Waals surface area contributed by atoms with E-state index < -0.39 is 0 Å². The molecule has 0 radical (unpaired) electrons. The van der Waals surface area contributed by atoms with Crippen LogP contribution >= 0.6 is 0 Å². The highest BCUT2D eigenvalue weighted by molar-refractivity contribution is 5.55. The molecule has 1 aliphatic rings. The van der Waals surface area contributed by atoms with Gasteiger partial charge in [-0.25, -0.2) is 0 Å². The lowest BCUT2D eigenvalue weighted by molar-refractivity contribution is 0.235. The predicted molar refractivity (Wildman–Crippen MR) is 74.1 cm³/mol. The zero-order valence-corrected chi connectivity index (χ0v) is 11.3. The maximum Gasteiger partial charge on any atom is 0.146 e. The van der Waals surface area contributed by atoms with Gasteiger partial charge in [0.25, 0.3) is 0 Å². The van der Waals surface area contributed by atoms with Gasteiger partial charge in [-0.1, -0.05) is 12.8 Å². The van der Waals surface area contributed by atoms with Crippen LogP contribution in [0.5, 0.6) is 11.5 Å². The van der Waals surface area contributed by atoms with Gasteiger partial charge in [0.1, 0.15) is 11.5 Å². The molecule has 1 fully saturated rings. The average molecular weight is 249 g/mol. The van der Waals surface area contributed by atoms with Gasteiger partial charge in [-0.2, -0.15) is 0 Å². The van der Waals surface area contributed by atoms with E-state index in [1.165, 1.54) is 25.7 Å². The van der Waals surface area contributed by atoms with Crippen molar-refractivity contribution in [1.29, 1.82) is 0 Å². The second-order valence-corrected chi connectivity index (χ2v) is 5.33. The summed E-state index contributed by atoms with van der Waals surface area (Å²) < 4.78 is 11.5. The van der Waals surface area contributed by atoms with Crippen molar-refractivity contribution in [2.24, 2.45) is 5.92 Å².